The average molecular weight is 276 g/mol. The molecule has 2 unspecified atom stereocenters. The topological polar surface area (TPSA) is 80.9 Å². The Bertz CT molecular complexity index is 143. The summed E-state index contributed by atoms with van der Waals surface area (Å²) in [5, 5.41) is 32.0. The second kappa shape index (κ2) is 10.3. The van der Waals surface area contributed by atoms with Crippen molar-refractivity contribution < 1.29 is 37.5 Å². The molecule has 2 atom stereocenters. The molecule has 1 radical (unpaired) electrons. The summed E-state index contributed by atoms with van der Waals surface area (Å²) in [6.45, 7) is 2.81. The first-order valence-corrected chi connectivity index (χ1v) is 3.92. The molecule has 0 saturated carbocycles. The van der Waals surface area contributed by atoms with E-state index in [1.807, 2.05) is 0 Å². The molecular weight excluding hydrogens is 264 g/mol. The number of aliphatic hydroxyl groups is 4. The average Bonchev–Trinajstić information content (AvgIpc) is 1.88. The van der Waals surface area contributed by atoms with E-state index in [4.69, 9.17) is 20.4 Å². The molecule has 83 valence electrons. The second-order valence-electron chi connectivity index (χ2n) is 2.03. The van der Waals surface area contributed by atoms with Crippen LogP contribution in [-0.4, -0.2) is 42.7 Å². The summed E-state index contributed by atoms with van der Waals surface area (Å²) >= 11 is 8.25. The molecule has 0 aromatic carbocycles. The van der Waals surface area contributed by atoms with E-state index >= 15 is 0 Å². The van der Waals surface area contributed by atoms with Gasteiger partial charge in [-0.1, -0.05) is 0 Å². The molecule has 0 aliphatic carbocycles. The van der Waals surface area contributed by atoms with E-state index in [0.717, 1.165) is 0 Å². The van der Waals surface area contributed by atoms with E-state index in [1.165, 1.54) is 13.8 Å². The molecule has 0 aromatic heterocycles. The van der Waals surface area contributed by atoms with Crippen molar-refractivity contribution in [3.05, 3.63) is 0 Å². The fourth-order valence-electron chi connectivity index (χ4n) is 0. The van der Waals surface area contributed by atoms with Gasteiger partial charge >= 0.3 is 0 Å². The van der Waals surface area contributed by atoms with Crippen LogP contribution in [0.15, 0.2) is 0 Å². The maximum absolute atomic E-state index is 8.24. The van der Waals surface area contributed by atoms with Gasteiger partial charge in [-0.2, -0.15) is 0 Å². The fraction of sp³-hybridized carbons (Fsp3) is 0.667. The van der Waals surface area contributed by atoms with Gasteiger partial charge in [-0.05, 0) is 38.3 Å². The predicted octanol–water partition coefficient (Wildman–Crippen LogP) is 0.503. The maximum atomic E-state index is 8.24. The SMILES string of the molecule is CC(O)C(O)=S.CC(O)C(O)=S.[Cu]. The molecule has 13 heavy (non-hydrogen) atoms. The normalized spacial score (nSPS) is 12.6. The van der Waals surface area contributed by atoms with Crippen molar-refractivity contribution in [3.8, 4) is 0 Å². The van der Waals surface area contributed by atoms with Crippen LogP contribution in [0.5, 0.6) is 0 Å². The molecule has 4 N–H and O–H groups in total. The summed E-state index contributed by atoms with van der Waals surface area (Å²) in [5.41, 5.74) is 0. The Morgan fingerprint density at radius 2 is 1.00 bits per heavy atom. The minimum atomic E-state index is -0.861. The fourth-order valence-corrected chi connectivity index (χ4v) is 0. The standard InChI is InChI=1S/2C3H6O2S.Cu/c2*1-2(4)3(5)6;/h2*2,4H,1H3,(H,5,6);. The van der Waals surface area contributed by atoms with Crippen LogP contribution in [0.25, 0.3) is 0 Å². The Morgan fingerprint density at radius 3 is 1.00 bits per heavy atom. The molecule has 0 rings (SSSR count). The van der Waals surface area contributed by atoms with Crippen molar-refractivity contribution >= 4 is 34.5 Å². The van der Waals surface area contributed by atoms with Gasteiger partial charge in [-0.25, -0.2) is 0 Å². The zero-order valence-corrected chi connectivity index (χ0v) is 9.64. The Morgan fingerprint density at radius 1 is 0.923 bits per heavy atom. The van der Waals surface area contributed by atoms with E-state index in [2.05, 4.69) is 24.4 Å². The Balaban J connectivity index is -0.000000143. The van der Waals surface area contributed by atoms with Crippen molar-refractivity contribution in [3.63, 3.8) is 0 Å². The molecule has 7 heteroatoms. The zero-order valence-electron chi connectivity index (χ0n) is 7.06. The summed E-state index contributed by atoms with van der Waals surface area (Å²) in [6, 6.07) is 0. The van der Waals surface area contributed by atoms with Gasteiger partial charge < -0.3 is 20.4 Å². The van der Waals surface area contributed by atoms with E-state index in [0.29, 0.717) is 0 Å². The van der Waals surface area contributed by atoms with Crippen molar-refractivity contribution in [2.45, 2.75) is 26.1 Å². The molecule has 0 aliphatic heterocycles. The van der Waals surface area contributed by atoms with E-state index < -0.39 is 12.2 Å². The molecule has 0 saturated heterocycles. The van der Waals surface area contributed by atoms with E-state index in [-0.39, 0.29) is 27.2 Å². The summed E-state index contributed by atoms with van der Waals surface area (Å²) in [6.07, 6.45) is -1.72. The summed E-state index contributed by atoms with van der Waals surface area (Å²) < 4.78 is 0. The van der Waals surface area contributed by atoms with Gasteiger partial charge in [0.05, 0.1) is 0 Å². The van der Waals surface area contributed by atoms with Gasteiger partial charge in [0.1, 0.15) is 12.2 Å². The van der Waals surface area contributed by atoms with Crippen molar-refractivity contribution in [1.29, 1.82) is 0 Å². The molecule has 0 spiro atoms. The van der Waals surface area contributed by atoms with Crippen molar-refractivity contribution in [1.82, 2.24) is 0 Å². The van der Waals surface area contributed by atoms with E-state index in [1.54, 1.807) is 0 Å². The van der Waals surface area contributed by atoms with Gasteiger partial charge in [-0.3, -0.25) is 0 Å². The number of aliphatic hydroxyl groups excluding tert-OH is 4. The Kier molecular flexibility index (Phi) is 15.0. The van der Waals surface area contributed by atoms with Crippen LogP contribution in [0.3, 0.4) is 0 Å². The van der Waals surface area contributed by atoms with Gasteiger partial charge in [0.15, 0.2) is 10.1 Å². The second-order valence-corrected chi connectivity index (χ2v) is 2.86. The third kappa shape index (κ3) is 18.9. The monoisotopic (exact) mass is 275 g/mol. The first kappa shape index (κ1) is 18.9. The van der Waals surface area contributed by atoms with Crippen LogP contribution in [0, 0.1) is 0 Å². The molecule has 0 heterocycles. The molecule has 0 amide bonds. The number of thiocarbonyl (C=S) groups is 2. The van der Waals surface area contributed by atoms with Crippen molar-refractivity contribution in [2.75, 3.05) is 0 Å². The Hall–Kier alpha value is 0.219. The number of hydrogen-bond acceptors (Lipinski definition) is 4. The molecule has 0 fully saturated rings. The molecule has 4 nitrogen and oxygen atoms in total. The summed E-state index contributed by atoms with van der Waals surface area (Å²) in [7, 11) is 0. The van der Waals surface area contributed by atoms with Crippen LogP contribution >= 0.6 is 24.4 Å². The number of rotatable bonds is 2. The minimum absolute atomic E-state index is 0. The first-order valence-electron chi connectivity index (χ1n) is 3.10. The molecule has 0 aromatic rings. The van der Waals surface area contributed by atoms with Crippen LogP contribution in [0.2, 0.25) is 0 Å². The van der Waals surface area contributed by atoms with Gasteiger partial charge in [0, 0.05) is 17.1 Å². The summed E-state index contributed by atoms with van der Waals surface area (Å²) in [4.78, 5) is 0. The quantitative estimate of drug-likeness (QED) is 0.434. The predicted molar refractivity (Wildman–Crippen MR) is 53.8 cm³/mol. The van der Waals surface area contributed by atoms with Gasteiger partial charge in [-0.15, -0.1) is 0 Å². The molecule has 0 aliphatic rings. The van der Waals surface area contributed by atoms with Gasteiger partial charge in [0.25, 0.3) is 0 Å². The third-order valence-corrected chi connectivity index (χ3v) is 1.40. The summed E-state index contributed by atoms with van der Waals surface area (Å²) in [5.74, 6) is 0. The smallest absolute Gasteiger partial charge is 0.185 e. The Labute approximate surface area is 98.1 Å². The van der Waals surface area contributed by atoms with Crippen molar-refractivity contribution in [2.24, 2.45) is 0 Å². The first-order chi connectivity index (χ1) is 5.29. The minimum Gasteiger partial charge on any atom is -0.500 e. The van der Waals surface area contributed by atoms with E-state index in [9.17, 15) is 0 Å². The maximum Gasteiger partial charge on any atom is 0.185 e. The van der Waals surface area contributed by atoms with Gasteiger partial charge in [0.2, 0.25) is 0 Å². The van der Waals surface area contributed by atoms with Crippen LogP contribution in [0.1, 0.15) is 13.8 Å². The van der Waals surface area contributed by atoms with Crippen LogP contribution < -0.4 is 0 Å². The number of hydrogen-bond donors (Lipinski definition) is 4. The largest absolute Gasteiger partial charge is 0.500 e. The molecular formula is C6H12CuO4S2. The zero-order chi connectivity index (χ0) is 10.3. The molecule has 0 bridgehead atoms. The third-order valence-electron chi connectivity index (χ3n) is 0.715. The van der Waals surface area contributed by atoms with Crippen LogP contribution in [0.4, 0.5) is 0 Å². The van der Waals surface area contributed by atoms with Crippen LogP contribution in [-0.2, 0) is 17.1 Å².